The number of benzene rings is 1. The van der Waals surface area contributed by atoms with Gasteiger partial charge in [-0.3, -0.25) is 4.79 Å². The third-order valence-corrected chi connectivity index (χ3v) is 6.61. The fourth-order valence-corrected chi connectivity index (χ4v) is 4.70. The summed E-state index contributed by atoms with van der Waals surface area (Å²) < 4.78 is 39.0. The lowest BCUT2D eigenvalue weighted by Crippen LogP contribution is -2.42. The molecule has 0 bridgehead atoms. The van der Waals surface area contributed by atoms with Crippen molar-refractivity contribution in [3.05, 3.63) is 30.5 Å². The molecule has 5 rings (SSSR count). The molecule has 0 radical (unpaired) electrons. The summed E-state index contributed by atoms with van der Waals surface area (Å²) in [7, 11) is 0. The average molecular weight is 512 g/mol. The molecular weight excluding hydrogens is 483 g/mol. The topological polar surface area (TPSA) is 116 Å². The predicted octanol–water partition coefficient (Wildman–Crippen LogP) is 1.82. The van der Waals surface area contributed by atoms with E-state index in [0.717, 1.165) is 42.8 Å². The standard InChI is InChI=1S/C21H27N5O3.C2HF3O2/c27-20(24-5-7-29-8-6-24)14-25-4-3-15-9-18(1-2-19(15)25)23-21(28)26-12-16-10-22-11-17(16)13-26;3-2(4,5)1(6)7/h1-4,9,16-17,22H,5-8,10-14H2,(H,23,28);(H,6,7)/t16-,17+;. The van der Waals surface area contributed by atoms with Crippen molar-refractivity contribution in [3.8, 4) is 0 Å². The van der Waals surface area contributed by atoms with Crippen molar-refractivity contribution in [1.29, 1.82) is 0 Å². The largest absolute Gasteiger partial charge is 0.490 e. The van der Waals surface area contributed by atoms with Crippen LogP contribution in [0.15, 0.2) is 30.5 Å². The molecule has 3 N–H and O–H groups in total. The van der Waals surface area contributed by atoms with Crippen molar-refractivity contribution in [2.45, 2.75) is 12.7 Å². The number of fused-ring (bicyclic) bond motifs is 2. The number of rotatable bonds is 3. The first kappa shape index (κ1) is 25.8. The number of carbonyl (C=O) groups is 3. The molecule has 10 nitrogen and oxygen atoms in total. The molecule has 3 aliphatic rings. The second-order valence-electron chi connectivity index (χ2n) is 9.03. The number of aromatic nitrogens is 1. The van der Waals surface area contributed by atoms with Gasteiger partial charge in [0.15, 0.2) is 0 Å². The maximum Gasteiger partial charge on any atom is 0.490 e. The molecule has 2 atom stereocenters. The number of morpholine rings is 1. The maximum absolute atomic E-state index is 12.6. The van der Waals surface area contributed by atoms with Crippen LogP contribution in [-0.4, -0.2) is 96.0 Å². The fraction of sp³-hybridized carbons (Fsp3) is 0.522. The first-order chi connectivity index (χ1) is 17.1. The highest BCUT2D eigenvalue weighted by Gasteiger charge is 2.39. The Balaban J connectivity index is 0.000000384. The Labute approximate surface area is 205 Å². The molecule has 1 aromatic carbocycles. The van der Waals surface area contributed by atoms with Crippen LogP contribution >= 0.6 is 0 Å². The third-order valence-electron chi connectivity index (χ3n) is 6.61. The van der Waals surface area contributed by atoms with E-state index >= 15 is 0 Å². The number of ether oxygens (including phenoxy) is 1. The highest BCUT2D eigenvalue weighted by Crippen LogP contribution is 2.27. The smallest absolute Gasteiger partial charge is 0.475 e. The van der Waals surface area contributed by atoms with Crippen LogP contribution in [0.1, 0.15) is 0 Å². The van der Waals surface area contributed by atoms with Crippen molar-refractivity contribution >= 4 is 34.5 Å². The zero-order chi connectivity index (χ0) is 25.9. The van der Waals surface area contributed by atoms with Crippen LogP contribution in [0.5, 0.6) is 0 Å². The molecule has 13 heteroatoms. The van der Waals surface area contributed by atoms with Crippen molar-refractivity contribution in [1.82, 2.24) is 19.7 Å². The van der Waals surface area contributed by atoms with Crippen LogP contribution in [0.25, 0.3) is 10.9 Å². The molecule has 4 heterocycles. The molecule has 0 spiro atoms. The molecule has 3 amide bonds. The average Bonchev–Trinajstić information content (AvgIpc) is 3.55. The summed E-state index contributed by atoms with van der Waals surface area (Å²) in [6.07, 6.45) is -3.15. The summed E-state index contributed by atoms with van der Waals surface area (Å²) in [6, 6.07) is 7.82. The van der Waals surface area contributed by atoms with Gasteiger partial charge in [0.2, 0.25) is 5.91 Å². The number of nitrogens with one attached hydrogen (secondary N) is 2. The minimum Gasteiger partial charge on any atom is -0.475 e. The van der Waals surface area contributed by atoms with E-state index in [4.69, 9.17) is 14.6 Å². The number of nitrogens with zero attached hydrogens (tertiary/aromatic N) is 3. The molecule has 36 heavy (non-hydrogen) atoms. The Hall–Kier alpha value is -3.32. The number of aliphatic carboxylic acids is 1. The van der Waals surface area contributed by atoms with Crippen LogP contribution in [-0.2, 0) is 20.9 Å². The molecule has 3 fully saturated rings. The Morgan fingerprint density at radius 3 is 2.31 bits per heavy atom. The van der Waals surface area contributed by atoms with E-state index in [1.807, 2.05) is 44.8 Å². The third kappa shape index (κ3) is 6.08. The highest BCUT2D eigenvalue weighted by molar-refractivity contribution is 5.93. The fourth-order valence-electron chi connectivity index (χ4n) is 4.70. The monoisotopic (exact) mass is 511 g/mol. The van der Waals surface area contributed by atoms with Crippen LogP contribution in [0.3, 0.4) is 0 Å². The van der Waals surface area contributed by atoms with Gasteiger partial charge < -0.3 is 34.8 Å². The molecule has 1 aromatic heterocycles. The van der Waals surface area contributed by atoms with E-state index in [-0.39, 0.29) is 11.9 Å². The van der Waals surface area contributed by atoms with Crippen LogP contribution in [0.2, 0.25) is 0 Å². The Morgan fingerprint density at radius 2 is 1.69 bits per heavy atom. The van der Waals surface area contributed by atoms with Crippen molar-refractivity contribution in [2.75, 3.05) is 57.8 Å². The van der Waals surface area contributed by atoms with Gasteiger partial charge in [-0.15, -0.1) is 0 Å². The molecule has 3 aliphatic heterocycles. The second kappa shape index (κ2) is 10.7. The van der Waals surface area contributed by atoms with E-state index in [9.17, 15) is 22.8 Å². The van der Waals surface area contributed by atoms with E-state index in [2.05, 4.69) is 10.6 Å². The number of anilines is 1. The summed E-state index contributed by atoms with van der Waals surface area (Å²) in [6.45, 7) is 6.52. The van der Waals surface area contributed by atoms with E-state index in [0.29, 0.717) is 44.7 Å². The summed E-state index contributed by atoms with van der Waals surface area (Å²) in [4.78, 5) is 37.8. The molecule has 0 saturated carbocycles. The first-order valence-electron chi connectivity index (χ1n) is 11.6. The minimum absolute atomic E-state index is 0.0272. The lowest BCUT2D eigenvalue weighted by molar-refractivity contribution is -0.192. The number of carboxylic acid groups (broad SMARTS) is 1. The number of urea groups is 1. The van der Waals surface area contributed by atoms with Gasteiger partial charge >= 0.3 is 18.2 Å². The SMILES string of the molecule is O=C(Cn1ccc2cc(NC(=O)N3C[C@H]4CNC[C@H]4C3)ccc21)N1CCOCC1.O=C(O)C(F)(F)F. The van der Waals surface area contributed by atoms with Gasteiger partial charge in [0.1, 0.15) is 6.54 Å². The quantitative estimate of drug-likeness (QED) is 0.579. The zero-order valence-electron chi connectivity index (χ0n) is 19.5. The Bertz CT molecular complexity index is 1100. The van der Waals surface area contributed by atoms with Crippen LogP contribution in [0.4, 0.5) is 23.7 Å². The van der Waals surface area contributed by atoms with Crippen molar-refractivity contribution in [2.24, 2.45) is 11.8 Å². The number of hydrogen-bond donors (Lipinski definition) is 3. The van der Waals surface area contributed by atoms with E-state index < -0.39 is 12.1 Å². The number of halogens is 3. The summed E-state index contributed by atoms with van der Waals surface area (Å²) in [5, 5.41) is 14.6. The van der Waals surface area contributed by atoms with Crippen molar-refractivity contribution < 1.29 is 37.4 Å². The van der Waals surface area contributed by atoms with Crippen LogP contribution in [0, 0.1) is 11.8 Å². The Kier molecular flexibility index (Phi) is 7.69. The molecular formula is C23H28F3N5O5. The van der Waals surface area contributed by atoms with Gasteiger partial charge in [-0.2, -0.15) is 13.2 Å². The molecule has 0 unspecified atom stereocenters. The van der Waals surface area contributed by atoms with Crippen molar-refractivity contribution in [3.63, 3.8) is 0 Å². The second-order valence-corrected chi connectivity index (χ2v) is 9.03. The number of carboxylic acids is 1. The highest BCUT2D eigenvalue weighted by atomic mass is 19.4. The predicted molar refractivity (Wildman–Crippen MR) is 123 cm³/mol. The summed E-state index contributed by atoms with van der Waals surface area (Å²) in [5.41, 5.74) is 1.78. The number of hydrogen-bond acceptors (Lipinski definition) is 5. The number of amides is 3. The summed E-state index contributed by atoms with van der Waals surface area (Å²) >= 11 is 0. The number of alkyl halides is 3. The lowest BCUT2D eigenvalue weighted by Gasteiger charge is -2.27. The van der Waals surface area contributed by atoms with Gasteiger partial charge in [0.25, 0.3) is 0 Å². The summed E-state index contributed by atoms with van der Waals surface area (Å²) in [5.74, 6) is -1.48. The zero-order valence-corrected chi connectivity index (χ0v) is 19.5. The normalized spacial score (nSPS) is 21.6. The molecule has 196 valence electrons. The van der Waals surface area contributed by atoms with Gasteiger partial charge in [-0.1, -0.05) is 0 Å². The van der Waals surface area contributed by atoms with Gasteiger partial charge in [-0.25, -0.2) is 9.59 Å². The Morgan fingerprint density at radius 1 is 1.06 bits per heavy atom. The van der Waals surface area contributed by atoms with Gasteiger partial charge in [0, 0.05) is 62.1 Å². The van der Waals surface area contributed by atoms with E-state index in [1.165, 1.54) is 0 Å². The van der Waals surface area contributed by atoms with Gasteiger partial charge in [0.05, 0.1) is 13.2 Å². The van der Waals surface area contributed by atoms with Gasteiger partial charge in [-0.05, 0) is 36.1 Å². The van der Waals surface area contributed by atoms with Crippen LogP contribution < -0.4 is 10.6 Å². The minimum atomic E-state index is -5.08. The molecule has 2 aromatic rings. The maximum atomic E-state index is 12.6. The molecule has 3 saturated heterocycles. The van der Waals surface area contributed by atoms with E-state index in [1.54, 1.807) is 0 Å². The number of likely N-dealkylation sites (tertiary alicyclic amines) is 1. The lowest BCUT2D eigenvalue weighted by atomic mass is 10.0. The first-order valence-corrected chi connectivity index (χ1v) is 11.6. The molecule has 0 aliphatic carbocycles. The number of carbonyl (C=O) groups excluding carboxylic acids is 2.